The summed E-state index contributed by atoms with van der Waals surface area (Å²) in [5.74, 6) is 0.694. The summed E-state index contributed by atoms with van der Waals surface area (Å²) in [6, 6.07) is 0. The van der Waals surface area contributed by atoms with Crippen molar-refractivity contribution >= 4 is 5.97 Å². The van der Waals surface area contributed by atoms with Gasteiger partial charge in [-0.25, -0.2) is 0 Å². The predicted octanol–water partition coefficient (Wildman–Crippen LogP) is 2.01. The molecule has 0 aromatic rings. The molecule has 3 atom stereocenters. The first-order valence-corrected chi connectivity index (χ1v) is 6.10. The second kappa shape index (κ2) is 4.12. The van der Waals surface area contributed by atoms with Crippen molar-refractivity contribution in [1.29, 1.82) is 0 Å². The fourth-order valence-corrected chi connectivity index (χ4v) is 3.76. The van der Waals surface area contributed by atoms with Gasteiger partial charge in [-0.15, -0.1) is 0 Å². The first-order valence-electron chi connectivity index (χ1n) is 6.10. The van der Waals surface area contributed by atoms with E-state index in [1.54, 1.807) is 0 Å². The molecule has 0 aromatic heterocycles. The van der Waals surface area contributed by atoms with Crippen molar-refractivity contribution in [2.75, 3.05) is 6.54 Å². The van der Waals surface area contributed by atoms with Crippen LogP contribution in [-0.2, 0) is 4.79 Å². The van der Waals surface area contributed by atoms with Gasteiger partial charge in [0.05, 0.1) is 6.42 Å². The van der Waals surface area contributed by atoms with Crippen LogP contribution in [0.5, 0.6) is 0 Å². The molecule has 86 valence electrons. The van der Waals surface area contributed by atoms with E-state index in [1.807, 2.05) is 0 Å². The van der Waals surface area contributed by atoms with Crippen molar-refractivity contribution in [2.24, 2.45) is 23.0 Å². The summed E-state index contributed by atoms with van der Waals surface area (Å²) in [4.78, 5) is 10.9. The number of hydrogen-bond donors (Lipinski definition) is 2. The Bertz CT molecular complexity index is 254. The topological polar surface area (TPSA) is 63.3 Å². The normalized spacial score (nSPS) is 40.1. The molecular formula is C12H21NO2. The monoisotopic (exact) mass is 211 g/mol. The number of hydrogen-bond acceptors (Lipinski definition) is 2. The van der Waals surface area contributed by atoms with Crippen molar-refractivity contribution in [3.8, 4) is 0 Å². The molecule has 2 fully saturated rings. The zero-order chi connectivity index (χ0) is 10.9. The van der Waals surface area contributed by atoms with Crippen LogP contribution in [0.3, 0.4) is 0 Å². The van der Waals surface area contributed by atoms with Crippen LogP contribution in [0.2, 0.25) is 0 Å². The standard InChI is InChI=1S/C12H21NO2/c13-8-12(7-11(14)15)6-9-4-2-1-3-5-10(9)12/h9-10H,1-8,13H2,(H,14,15)/t9-,10?,12+/m0/s1. The van der Waals surface area contributed by atoms with Crippen molar-refractivity contribution in [3.63, 3.8) is 0 Å². The lowest BCUT2D eigenvalue weighted by molar-refractivity contribution is -0.146. The maximum absolute atomic E-state index is 10.9. The average molecular weight is 211 g/mol. The molecule has 3 nitrogen and oxygen atoms in total. The third-order valence-electron chi connectivity index (χ3n) is 4.52. The second-order valence-corrected chi connectivity index (χ2v) is 5.35. The third-order valence-corrected chi connectivity index (χ3v) is 4.52. The fraction of sp³-hybridized carbons (Fsp3) is 0.917. The van der Waals surface area contributed by atoms with Gasteiger partial charge in [0.2, 0.25) is 0 Å². The van der Waals surface area contributed by atoms with E-state index >= 15 is 0 Å². The molecule has 0 saturated heterocycles. The molecule has 1 unspecified atom stereocenters. The number of carboxylic acids is 1. The van der Waals surface area contributed by atoms with Gasteiger partial charge in [-0.3, -0.25) is 4.79 Å². The van der Waals surface area contributed by atoms with Crippen LogP contribution in [-0.4, -0.2) is 17.6 Å². The Labute approximate surface area is 91.0 Å². The maximum atomic E-state index is 10.9. The van der Waals surface area contributed by atoms with Gasteiger partial charge in [-0.05, 0) is 36.6 Å². The molecule has 15 heavy (non-hydrogen) atoms. The van der Waals surface area contributed by atoms with Crippen LogP contribution in [0.15, 0.2) is 0 Å². The van der Waals surface area contributed by atoms with Crippen LogP contribution in [0, 0.1) is 17.3 Å². The van der Waals surface area contributed by atoms with Gasteiger partial charge in [0.1, 0.15) is 0 Å². The predicted molar refractivity (Wildman–Crippen MR) is 58.4 cm³/mol. The highest BCUT2D eigenvalue weighted by Gasteiger charge is 2.53. The largest absolute Gasteiger partial charge is 0.481 e. The summed E-state index contributed by atoms with van der Waals surface area (Å²) in [7, 11) is 0. The van der Waals surface area contributed by atoms with E-state index in [2.05, 4.69) is 0 Å². The van der Waals surface area contributed by atoms with Crippen molar-refractivity contribution in [2.45, 2.75) is 44.9 Å². The number of fused-ring (bicyclic) bond motifs is 1. The summed E-state index contributed by atoms with van der Waals surface area (Å²) in [5.41, 5.74) is 5.76. The molecular weight excluding hydrogens is 190 g/mol. The first kappa shape index (κ1) is 10.9. The van der Waals surface area contributed by atoms with Crippen molar-refractivity contribution in [3.05, 3.63) is 0 Å². The minimum Gasteiger partial charge on any atom is -0.481 e. The van der Waals surface area contributed by atoms with E-state index in [9.17, 15) is 4.79 Å². The minimum absolute atomic E-state index is 0.0547. The Balaban J connectivity index is 2.05. The van der Waals surface area contributed by atoms with E-state index in [0.29, 0.717) is 12.5 Å². The number of carbonyl (C=O) groups is 1. The van der Waals surface area contributed by atoms with Gasteiger partial charge in [-0.1, -0.05) is 25.7 Å². The number of aliphatic carboxylic acids is 1. The van der Waals surface area contributed by atoms with Crippen LogP contribution < -0.4 is 5.73 Å². The lowest BCUT2D eigenvalue weighted by Gasteiger charge is -2.54. The highest BCUT2D eigenvalue weighted by Crippen LogP contribution is 2.57. The number of nitrogens with two attached hydrogens (primary N) is 1. The molecule has 0 radical (unpaired) electrons. The van der Waals surface area contributed by atoms with Gasteiger partial charge in [0.25, 0.3) is 0 Å². The molecule has 0 spiro atoms. The maximum Gasteiger partial charge on any atom is 0.303 e. The fourth-order valence-electron chi connectivity index (χ4n) is 3.76. The first-order chi connectivity index (χ1) is 7.18. The quantitative estimate of drug-likeness (QED) is 0.750. The summed E-state index contributed by atoms with van der Waals surface area (Å²) in [6.45, 7) is 0.556. The lowest BCUT2D eigenvalue weighted by atomic mass is 9.51. The molecule has 2 aliphatic carbocycles. The van der Waals surface area contributed by atoms with Crippen LogP contribution in [0.1, 0.15) is 44.9 Å². The molecule has 0 bridgehead atoms. The number of rotatable bonds is 3. The third kappa shape index (κ3) is 1.89. The van der Waals surface area contributed by atoms with Crippen LogP contribution >= 0.6 is 0 Å². The van der Waals surface area contributed by atoms with E-state index in [4.69, 9.17) is 10.8 Å². The molecule has 0 amide bonds. The zero-order valence-electron chi connectivity index (χ0n) is 9.24. The van der Waals surface area contributed by atoms with E-state index < -0.39 is 5.97 Å². The Morgan fingerprint density at radius 3 is 2.73 bits per heavy atom. The summed E-state index contributed by atoms with van der Waals surface area (Å²) < 4.78 is 0. The molecule has 2 saturated carbocycles. The summed E-state index contributed by atoms with van der Waals surface area (Å²) in [5, 5.41) is 8.95. The van der Waals surface area contributed by atoms with E-state index in [1.165, 1.54) is 32.1 Å². The molecule has 2 rings (SSSR count). The zero-order valence-corrected chi connectivity index (χ0v) is 9.24. The average Bonchev–Trinajstić information content (AvgIpc) is 2.36. The molecule has 2 aliphatic rings. The van der Waals surface area contributed by atoms with Gasteiger partial charge in [-0.2, -0.15) is 0 Å². The smallest absolute Gasteiger partial charge is 0.303 e. The molecule has 3 heteroatoms. The van der Waals surface area contributed by atoms with E-state index in [0.717, 1.165) is 12.3 Å². The Morgan fingerprint density at radius 1 is 1.33 bits per heavy atom. The van der Waals surface area contributed by atoms with Gasteiger partial charge in [0.15, 0.2) is 0 Å². The number of carboxylic acid groups (broad SMARTS) is 1. The van der Waals surface area contributed by atoms with Crippen molar-refractivity contribution < 1.29 is 9.90 Å². The second-order valence-electron chi connectivity index (χ2n) is 5.35. The Morgan fingerprint density at radius 2 is 2.07 bits per heavy atom. The summed E-state index contributed by atoms with van der Waals surface area (Å²) >= 11 is 0. The van der Waals surface area contributed by atoms with Gasteiger partial charge in [0, 0.05) is 0 Å². The van der Waals surface area contributed by atoms with Gasteiger partial charge >= 0.3 is 5.97 Å². The lowest BCUT2D eigenvalue weighted by Crippen LogP contribution is -2.53. The van der Waals surface area contributed by atoms with Gasteiger partial charge < -0.3 is 10.8 Å². The summed E-state index contributed by atoms with van der Waals surface area (Å²) in [6.07, 6.45) is 7.75. The molecule has 0 heterocycles. The Kier molecular flexibility index (Phi) is 3.01. The highest BCUT2D eigenvalue weighted by molar-refractivity contribution is 5.68. The van der Waals surface area contributed by atoms with Crippen molar-refractivity contribution in [1.82, 2.24) is 0 Å². The van der Waals surface area contributed by atoms with Crippen LogP contribution in [0.25, 0.3) is 0 Å². The highest BCUT2D eigenvalue weighted by atomic mass is 16.4. The SMILES string of the molecule is NC[C@]1(CC(=O)O)C[C@@H]2CCCCCC21. The Hall–Kier alpha value is -0.570. The molecule has 0 aliphatic heterocycles. The van der Waals surface area contributed by atoms with E-state index in [-0.39, 0.29) is 11.8 Å². The van der Waals surface area contributed by atoms with Crippen LogP contribution in [0.4, 0.5) is 0 Å². The molecule has 3 N–H and O–H groups in total. The molecule has 0 aromatic carbocycles. The minimum atomic E-state index is -0.678.